The standard InChI is InChI=1S/C18H23N3O2/c1-13-19-20-18(23-13)15-8-10-22-17-7-9-21(12-16(15)17)11-14-5-3-2-4-6-14/h2-6,15-17H,7-12H2,1H3/t15-,16-,17-/m1/s1. The Hall–Kier alpha value is -1.72. The van der Waals surface area contributed by atoms with Crippen LogP contribution in [0.4, 0.5) is 0 Å². The van der Waals surface area contributed by atoms with Gasteiger partial charge in [-0.2, -0.15) is 0 Å². The average Bonchev–Trinajstić information content (AvgIpc) is 3.01. The number of hydrogen-bond donors (Lipinski definition) is 0. The van der Waals surface area contributed by atoms with Crippen LogP contribution in [0, 0.1) is 12.8 Å². The Morgan fingerprint density at radius 3 is 2.83 bits per heavy atom. The second kappa shape index (κ2) is 6.42. The van der Waals surface area contributed by atoms with Crippen molar-refractivity contribution in [1.29, 1.82) is 0 Å². The van der Waals surface area contributed by atoms with Gasteiger partial charge in [0.05, 0.1) is 6.10 Å². The molecule has 0 bridgehead atoms. The largest absolute Gasteiger partial charge is 0.425 e. The highest BCUT2D eigenvalue weighted by molar-refractivity contribution is 5.15. The van der Waals surface area contributed by atoms with Crippen molar-refractivity contribution in [2.45, 2.75) is 38.3 Å². The van der Waals surface area contributed by atoms with Crippen molar-refractivity contribution in [3.05, 3.63) is 47.7 Å². The van der Waals surface area contributed by atoms with E-state index in [1.807, 2.05) is 6.92 Å². The van der Waals surface area contributed by atoms with E-state index in [1.165, 1.54) is 5.56 Å². The van der Waals surface area contributed by atoms with E-state index in [1.54, 1.807) is 0 Å². The fourth-order valence-electron chi connectivity index (χ4n) is 3.94. The van der Waals surface area contributed by atoms with Crippen LogP contribution in [0.25, 0.3) is 0 Å². The molecular weight excluding hydrogens is 290 g/mol. The lowest BCUT2D eigenvalue weighted by atomic mass is 9.79. The van der Waals surface area contributed by atoms with Crippen molar-refractivity contribution >= 4 is 0 Å². The molecular formula is C18H23N3O2. The van der Waals surface area contributed by atoms with E-state index in [4.69, 9.17) is 9.15 Å². The van der Waals surface area contributed by atoms with Crippen LogP contribution >= 0.6 is 0 Å². The van der Waals surface area contributed by atoms with Crippen molar-refractivity contribution in [2.24, 2.45) is 5.92 Å². The fraction of sp³-hybridized carbons (Fsp3) is 0.556. The first-order valence-electron chi connectivity index (χ1n) is 8.47. The predicted molar refractivity (Wildman–Crippen MR) is 86.0 cm³/mol. The summed E-state index contributed by atoms with van der Waals surface area (Å²) in [5.74, 6) is 2.22. The maximum absolute atomic E-state index is 6.02. The topological polar surface area (TPSA) is 51.4 Å². The number of ether oxygens (including phenoxy) is 1. The van der Waals surface area contributed by atoms with E-state index in [0.717, 1.165) is 45.0 Å². The molecule has 5 nitrogen and oxygen atoms in total. The van der Waals surface area contributed by atoms with E-state index >= 15 is 0 Å². The Balaban J connectivity index is 1.49. The number of rotatable bonds is 3. The minimum atomic E-state index is 0.327. The molecule has 3 heterocycles. The van der Waals surface area contributed by atoms with Gasteiger partial charge >= 0.3 is 0 Å². The predicted octanol–water partition coefficient (Wildman–Crippen LogP) is 2.77. The van der Waals surface area contributed by atoms with Crippen LogP contribution in [0.15, 0.2) is 34.7 Å². The lowest BCUT2D eigenvalue weighted by molar-refractivity contribution is -0.0820. The molecule has 1 aromatic heterocycles. The van der Waals surface area contributed by atoms with Gasteiger partial charge in [-0.1, -0.05) is 30.3 Å². The van der Waals surface area contributed by atoms with Gasteiger partial charge in [0, 0.05) is 45.0 Å². The van der Waals surface area contributed by atoms with Crippen LogP contribution in [0.1, 0.15) is 36.1 Å². The maximum atomic E-state index is 6.02. The molecule has 0 aliphatic carbocycles. The molecule has 0 amide bonds. The molecule has 3 atom stereocenters. The van der Waals surface area contributed by atoms with Crippen LogP contribution in [0.3, 0.4) is 0 Å². The highest BCUT2D eigenvalue weighted by Crippen LogP contribution is 2.39. The Morgan fingerprint density at radius 2 is 2.04 bits per heavy atom. The second-order valence-electron chi connectivity index (χ2n) is 6.64. The fourth-order valence-corrected chi connectivity index (χ4v) is 3.94. The number of piperidine rings is 1. The maximum Gasteiger partial charge on any atom is 0.220 e. The summed E-state index contributed by atoms with van der Waals surface area (Å²) < 4.78 is 11.8. The summed E-state index contributed by atoms with van der Waals surface area (Å²) in [5, 5.41) is 8.29. The van der Waals surface area contributed by atoms with Gasteiger partial charge in [0.25, 0.3) is 0 Å². The molecule has 4 rings (SSSR count). The summed E-state index contributed by atoms with van der Waals surface area (Å²) in [5.41, 5.74) is 1.37. The van der Waals surface area contributed by atoms with E-state index in [-0.39, 0.29) is 0 Å². The number of hydrogen-bond acceptors (Lipinski definition) is 5. The zero-order chi connectivity index (χ0) is 15.6. The monoisotopic (exact) mass is 313 g/mol. The van der Waals surface area contributed by atoms with Crippen LogP contribution < -0.4 is 0 Å². The lowest BCUT2D eigenvalue weighted by Gasteiger charge is -2.44. The van der Waals surface area contributed by atoms with Crippen LogP contribution in [0.2, 0.25) is 0 Å². The third-order valence-electron chi connectivity index (χ3n) is 5.06. The third-order valence-corrected chi connectivity index (χ3v) is 5.06. The molecule has 2 aliphatic heterocycles. The molecule has 0 saturated carbocycles. The number of benzene rings is 1. The highest BCUT2D eigenvalue weighted by atomic mass is 16.5. The summed E-state index contributed by atoms with van der Waals surface area (Å²) in [7, 11) is 0. The highest BCUT2D eigenvalue weighted by Gasteiger charge is 2.41. The van der Waals surface area contributed by atoms with Gasteiger partial charge in [0.2, 0.25) is 11.8 Å². The molecule has 23 heavy (non-hydrogen) atoms. The Morgan fingerprint density at radius 1 is 1.17 bits per heavy atom. The van der Waals surface area contributed by atoms with Crippen molar-refractivity contribution in [3.8, 4) is 0 Å². The summed E-state index contributed by atoms with van der Waals surface area (Å²) in [6, 6.07) is 10.7. The molecule has 2 aliphatic rings. The molecule has 0 radical (unpaired) electrons. The SMILES string of the molecule is Cc1nnc([C@@H]2CCO[C@@H]3CCN(Cc4ccccc4)C[C@@H]32)o1. The van der Waals surface area contributed by atoms with Gasteiger partial charge in [-0.3, -0.25) is 4.90 Å². The molecule has 0 unspecified atom stereocenters. The normalized spacial score (nSPS) is 28.5. The summed E-state index contributed by atoms with van der Waals surface area (Å²) >= 11 is 0. The number of aromatic nitrogens is 2. The molecule has 5 heteroatoms. The van der Waals surface area contributed by atoms with Gasteiger partial charge in [0.15, 0.2) is 0 Å². The van der Waals surface area contributed by atoms with E-state index < -0.39 is 0 Å². The van der Waals surface area contributed by atoms with Crippen LogP contribution in [-0.4, -0.2) is 40.9 Å². The molecule has 2 aromatic rings. The number of fused-ring (bicyclic) bond motifs is 1. The van der Waals surface area contributed by atoms with E-state index in [0.29, 0.717) is 23.8 Å². The van der Waals surface area contributed by atoms with Crippen molar-refractivity contribution in [2.75, 3.05) is 19.7 Å². The molecule has 2 saturated heterocycles. The summed E-state index contributed by atoms with van der Waals surface area (Å²) in [6.45, 7) is 5.78. The smallest absolute Gasteiger partial charge is 0.220 e. The van der Waals surface area contributed by atoms with Gasteiger partial charge in [-0.05, 0) is 18.4 Å². The van der Waals surface area contributed by atoms with Gasteiger partial charge in [-0.25, -0.2) is 0 Å². The van der Waals surface area contributed by atoms with E-state index in [9.17, 15) is 0 Å². The lowest BCUT2D eigenvalue weighted by Crippen LogP contribution is -2.48. The van der Waals surface area contributed by atoms with Crippen molar-refractivity contribution in [3.63, 3.8) is 0 Å². The quantitative estimate of drug-likeness (QED) is 0.872. The minimum Gasteiger partial charge on any atom is -0.425 e. The van der Waals surface area contributed by atoms with Gasteiger partial charge in [-0.15, -0.1) is 10.2 Å². The van der Waals surface area contributed by atoms with Gasteiger partial charge in [0.1, 0.15) is 0 Å². The molecule has 0 N–H and O–H groups in total. The minimum absolute atomic E-state index is 0.327. The van der Waals surface area contributed by atoms with E-state index in [2.05, 4.69) is 45.4 Å². The number of nitrogens with zero attached hydrogens (tertiary/aromatic N) is 3. The molecule has 2 fully saturated rings. The first-order chi connectivity index (χ1) is 11.3. The first kappa shape index (κ1) is 14.8. The molecule has 1 aromatic carbocycles. The van der Waals surface area contributed by atoms with Crippen molar-refractivity contribution < 1.29 is 9.15 Å². The first-order valence-corrected chi connectivity index (χ1v) is 8.47. The second-order valence-corrected chi connectivity index (χ2v) is 6.64. The van der Waals surface area contributed by atoms with Gasteiger partial charge < -0.3 is 9.15 Å². The average molecular weight is 313 g/mol. The zero-order valence-electron chi connectivity index (χ0n) is 13.5. The number of aryl methyl sites for hydroxylation is 1. The Labute approximate surface area is 136 Å². The number of likely N-dealkylation sites (tertiary alicyclic amines) is 1. The van der Waals surface area contributed by atoms with Crippen molar-refractivity contribution in [1.82, 2.24) is 15.1 Å². The van der Waals surface area contributed by atoms with Crippen LogP contribution in [-0.2, 0) is 11.3 Å². The summed E-state index contributed by atoms with van der Waals surface area (Å²) in [6.07, 6.45) is 2.39. The molecule has 122 valence electrons. The van der Waals surface area contributed by atoms with Crippen LogP contribution in [0.5, 0.6) is 0 Å². The summed E-state index contributed by atoms with van der Waals surface area (Å²) in [4.78, 5) is 2.53. The Bertz CT molecular complexity index is 643. The zero-order valence-corrected chi connectivity index (χ0v) is 13.5. The molecule has 0 spiro atoms. The Kier molecular flexibility index (Phi) is 4.14. The third kappa shape index (κ3) is 3.16.